The molecule has 2 nitrogen and oxygen atoms in total. The monoisotopic (exact) mass is 192 g/mol. The number of aldehydes is 1. The van der Waals surface area contributed by atoms with Crippen molar-refractivity contribution in [3.05, 3.63) is 28.6 Å². The van der Waals surface area contributed by atoms with Crippen LogP contribution in [-0.4, -0.2) is 11.4 Å². The lowest BCUT2D eigenvalue weighted by Crippen LogP contribution is -1.78. The van der Waals surface area contributed by atoms with Crippen molar-refractivity contribution < 1.29 is 9.90 Å². The molecule has 1 heterocycles. The molecule has 1 N–H and O–H groups in total. The predicted molar refractivity (Wildman–Crippen MR) is 53.6 cm³/mol. The Bertz CT molecular complexity index is 471. The van der Waals surface area contributed by atoms with Gasteiger partial charge in [0, 0.05) is 20.5 Å². The van der Waals surface area contributed by atoms with Crippen LogP contribution >= 0.6 is 11.3 Å². The third-order valence-electron chi connectivity index (χ3n) is 1.94. The number of thiophene rings is 1. The van der Waals surface area contributed by atoms with Crippen LogP contribution in [0, 0.1) is 6.92 Å². The Hall–Kier alpha value is -1.35. The summed E-state index contributed by atoms with van der Waals surface area (Å²) in [4.78, 5) is 11.8. The van der Waals surface area contributed by atoms with Gasteiger partial charge >= 0.3 is 0 Å². The Labute approximate surface area is 79.4 Å². The largest absolute Gasteiger partial charge is 0.507 e. The highest BCUT2D eigenvalue weighted by Crippen LogP contribution is 2.33. The second-order valence-corrected chi connectivity index (χ2v) is 4.15. The van der Waals surface area contributed by atoms with Crippen LogP contribution in [0.25, 0.3) is 10.1 Å². The van der Waals surface area contributed by atoms with Gasteiger partial charge in [0.05, 0.1) is 0 Å². The molecule has 0 radical (unpaired) electrons. The minimum absolute atomic E-state index is 0.241. The van der Waals surface area contributed by atoms with E-state index in [0.29, 0.717) is 5.56 Å². The van der Waals surface area contributed by atoms with Crippen molar-refractivity contribution >= 4 is 27.7 Å². The number of phenols is 1. The molecule has 0 spiro atoms. The zero-order valence-electron chi connectivity index (χ0n) is 7.07. The number of carbonyl (C=O) groups excluding carboxylic acids is 1. The average molecular weight is 192 g/mol. The summed E-state index contributed by atoms with van der Waals surface area (Å²) in [5.41, 5.74) is 0.644. The number of benzene rings is 1. The third-order valence-corrected chi connectivity index (χ3v) is 3.04. The number of phenolic OH excluding ortho intramolecular Hbond substituents is 1. The maximum atomic E-state index is 10.7. The van der Waals surface area contributed by atoms with Crippen molar-refractivity contribution in [2.75, 3.05) is 0 Å². The van der Waals surface area contributed by atoms with Crippen LogP contribution in [-0.2, 0) is 0 Å². The molecule has 1 aromatic carbocycles. The quantitative estimate of drug-likeness (QED) is 0.705. The molecule has 2 rings (SSSR count). The van der Waals surface area contributed by atoms with E-state index in [2.05, 4.69) is 0 Å². The van der Waals surface area contributed by atoms with Gasteiger partial charge in [-0.05, 0) is 25.1 Å². The minimum atomic E-state index is 0.241. The molecule has 13 heavy (non-hydrogen) atoms. The summed E-state index contributed by atoms with van der Waals surface area (Å²) < 4.78 is 0.868. The zero-order chi connectivity index (χ0) is 9.42. The van der Waals surface area contributed by atoms with Crippen molar-refractivity contribution in [3.8, 4) is 5.75 Å². The smallest absolute Gasteiger partial charge is 0.151 e. The molecule has 0 aliphatic rings. The summed E-state index contributed by atoms with van der Waals surface area (Å²) in [6.07, 6.45) is 0.817. The average Bonchev–Trinajstić information content (AvgIpc) is 2.48. The van der Waals surface area contributed by atoms with Crippen molar-refractivity contribution in [1.82, 2.24) is 0 Å². The van der Waals surface area contributed by atoms with E-state index in [9.17, 15) is 9.90 Å². The molecule has 0 aliphatic heterocycles. The lowest BCUT2D eigenvalue weighted by molar-refractivity contribution is 0.112. The Balaban J connectivity index is 2.91. The molecule has 0 amide bonds. The van der Waals surface area contributed by atoms with E-state index in [0.717, 1.165) is 21.2 Å². The van der Waals surface area contributed by atoms with E-state index in [1.807, 2.05) is 13.0 Å². The normalized spacial score (nSPS) is 10.5. The minimum Gasteiger partial charge on any atom is -0.507 e. The first-order valence-corrected chi connectivity index (χ1v) is 4.71. The molecule has 0 saturated carbocycles. The number of carbonyl (C=O) groups is 1. The summed E-state index contributed by atoms with van der Waals surface area (Å²) in [5.74, 6) is 0.241. The van der Waals surface area contributed by atoms with E-state index in [1.54, 1.807) is 12.1 Å². The number of aryl methyl sites for hydroxylation is 1. The van der Waals surface area contributed by atoms with Gasteiger partial charge in [-0.25, -0.2) is 0 Å². The zero-order valence-corrected chi connectivity index (χ0v) is 7.89. The Kier molecular flexibility index (Phi) is 1.81. The van der Waals surface area contributed by atoms with Crippen LogP contribution < -0.4 is 0 Å². The second-order valence-electron chi connectivity index (χ2n) is 2.89. The number of hydrogen-bond acceptors (Lipinski definition) is 3. The summed E-state index contributed by atoms with van der Waals surface area (Å²) in [5, 5.41) is 10.3. The maximum absolute atomic E-state index is 10.7. The summed E-state index contributed by atoms with van der Waals surface area (Å²) >= 11 is 1.53. The third kappa shape index (κ3) is 1.21. The fraction of sp³-hybridized carbons (Fsp3) is 0.100. The fourth-order valence-electron chi connectivity index (χ4n) is 1.35. The maximum Gasteiger partial charge on any atom is 0.151 e. The molecule has 0 atom stereocenters. The summed E-state index contributed by atoms with van der Waals surface area (Å²) in [6.45, 7) is 1.96. The molecule has 3 heteroatoms. The van der Waals surface area contributed by atoms with Gasteiger partial charge in [-0.15, -0.1) is 11.3 Å². The van der Waals surface area contributed by atoms with E-state index < -0.39 is 0 Å². The number of fused-ring (bicyclic) bond motifs is 1. The molecule has 2 aromatic rings. The van der Waals surface area contributed by atoms with Gasteiger partial charge in [0.1, 0.15) is 5.75 Å². The first-order valence-electron chi connectivity index (χ1n) is 3.89. The van der Waals surface area contributed by atoms with Crippen LogP contribution in [0.3, 0.4) is 0 Å². The molecule has 66 valence electrons. The van der Waals surface area contributed by atoms with Crippen LogP contribution in [0.5, 0.6) is 5.75 Å². The number of rotatable bonds is 1. The van der Waals surface area contributed by atoms with Gasteiger partial charge in [-0.2, -0.15) is 0 Å². The fourth-order valence-corrected chi connectivity index (χ4v) is 2.35. The molecular formula is C10H8O2S. The van der Waals surface area contributed by atoms with Crippen molar-refractivity contribution in [2.45, 2.75) is 6.92 Å². The second kappa shape index (κ2) is 2.85. The highest BCUT2D eigenvalue weighted by molar-refractivity contribution is 7.19. The van der Waals surface area contributed by atoms with E-state index in [-0.39, 0.29) is 5.75 Å². The molecule has 0 saturated heterocycles. The highest BCUT2D eigenvalue weighted by Gasteiger charge is 2.07. The van der Waals surface area contributed by atoms with Gasteiger partial charge in [-0.1, -0.05) is 0 Å². The molecular weight excluding hydrogens is 184 g/mol. The van der Waals surface area contributed by atoms with Gasteiger partial charge < -0.3 is 5.11 Å². The first kappa shape index (κ1) is 8.26. The van der Waals surface area contributed by atoms with Crippen LogP contribution in [0.2, 0.25) is 0 Å². The van der Waals surface area contributed by atoms with E-state index >= 15 is 0 Å². The molecule has 0 fully saturated rings. The Morgan fingerprint density at radius 3 is 2.92 bits per heavy atom. The standard InChI is InChI=1S/C10H8O2S/c1-6-4-8-9(12)3-2-7(5-11)10(8)13-6/h2-5,12H,1H3. The molecule has 1 aromatic heterocycles. The van der Waals surface area contributed by atoms with E-state index in [1.165, 1.54) is 11.3 Å². The van der Waals surface area contributed by atoms with Crippen LogP contribution in [0.15, 0.2) is 18.2 Å². The van der Waals surface area contributed by atoms with Gasteiger partial charge in [0.15, 0.2) is 6.29 Å². The first-order chi connectivity index (χ1) is 6.22. The lowest BCUT2D eigenvalue weighted by atomic mass is 10.1. The summed E-state index contributed by atoms with van der Waals surface area (Å²) in [7, 11) is 0. The topological polar surface area (TPSA) is 37.3 Å². The molecule has 0 unspecified atom stereocenters. The van der Waals surface area contributed by atoms with Crippen molar-refractivity contribution in [2.24, 2.45) is 0 Å². The lowest BCUT2D eigenvalue weighted by Gasteiger charge is -1.95. The van der Waals surface area contributed by atoms with Crippen molar-refractivity contribution in [1.29, 1.82) is 0 Å². The number of aromatic hydroxyl groups is 1. The van der Waals surface area contributed by atoms with Gasteiger partial charge in [-0.3, -0.25) is 4.79 Å². The molecule has 0 aliphatic carbocycles. The summed E-state index contributed by atoms with van der Waals surface area (Å²) in [6, 6.07) is 5.08. The van der Waals surface area contributed by atoms with Gasteiger partial charge in [0.2, 0.25) is 0 Å². The highest BCUT2D eigenvalue weighted by atomic mass is 32.1. The van der Waals surface area contributed by atoms with Crippen LogP contribution in [0.4, 0.5) is 0 Å². The van der Waals surface area contributed by atoms with Crippen molar-refractivity contribution in [3.63, 3.8) is 0 Å². The Morgan fingerprint density at radius 1 is 1.46 bits per heavy atom. The number of hydrogen-bond donors (Lipinski definition) is 1. The SMILES string of the molecule is Cc1cc2c(O)ccc(C=O)c2s1. The van der Waals surface area contributed by atoms with E-state index in [4.69, 9.17) is 0 Å². The Morgan fingerprint density at radius 2 is 2.23 bits per heavy atom. The van der Waals surface area contributed by atoms with Crippen LogP contribution in [0.1, 0.15) is 15.2 Å². The molecule has 0 bridgehead atoms. The predicted octanol–water partition coefficient (Wildman–Crippen LogP) is 2.73. The van der Waals surface area contributed by atoms with Gasteiger partial charge in [0.25, 0.3) is 0 Å².